The van der Waals surface area contributed by atoms with Gasteiger partial charge in [-0.2, -0.15) is 0 Å². The fourth-order valence-electron chi connectivity index (χ4n) is 4.17. The second-order valence-corrected chi connectivity index (χ2v) is 7.52. The molecule has 4 nitrogen and oxygen atoms in total. The van der Waals surface area contributed by atoms with Crippen molar-refractivity contribution >= 4 is 17.4 Å². The molecule has 2 aliphatic rings. The summed E-state index contributed by atoms with van der Waals surface area (Å²) in [5, 5.41) is 3.22. The lowest BCUT2D eigenvalue weighted by Gasteiger charge is -2.31. The quantitative estimate of drug-likeness (QED) is 0.665. The zero-order chi connectivity index (χ0) is 17.5. The molecule has 1 N–H and O–H groups in total. The molecule has 0 aromatic heterocycles. The molecular formula is C20H25NO3. The van der Waals surface area contributed by atoms with Gasteiger partial charge in [-0.3, -0.25) is 4.79 Å². The third kappa shape index (κ3) is 2.36. The Morgan fingerprint density at radius 2 is 1.96 bits per heavy atom. The topological polar surface area (TPSA) is 55.4 Å². The molecule has 128 valence electrons. The molecule has 2 saturated carbocycles. The van der Waals surface area contributed by atoms with Crippen LogP contribution in [0.1, 0.15) is 50.9 Å². The first-order chi connectivity index (χ1) is 11.3. The number of hydrogen-bond donors (Lipinski definition) is 1. The maximum Gasteiger partial charge on any atom is 0.338 e. The normalized spacial score (nSPS) is 29.1. The second kappa shape index (κ2) is 5.76. The Bertz CT molecular complexity index is 702. The molecule has 2 unspecified atom stereocenters. The number of ketones is 1. The first-order valence-electron chi connectivity index (χ1n) is 8.60. The van der Waals surface area contributed by atoms with Crippen molar-refractivity contribution in [2.45, 2.75) is 40.5 Å². The summed E-state index contributed by atoms with van der Waals surface area (Å²) in [6.45, 7) is 8.66. The maximum absolute atomic E-state index is 12.8. The molecule has 24 heavy (non-hydrogen) atoms. The van der Waals surface area contributed by atoms with E-state index in [4.69, 9.17) is 4.74 Å². The second-order valence-electron chi connectivity index (χ2n) is 7.52. The summed E-state index contributed by atoms with van der Waals surface area (Å²) in [6, 6.07) is 7.11. The van der Waals surface area contributed by atoms with Gasteiger partial charge in [0.15, 0.2) is 5.78 Å². The Kier molecular flexibility index (Phi) is 4.02. The fourth-order valence-corrected chi connectivity index (χ4v) is 4.17. The number of rotatable bonds is 4. The average Bonchev–Trinajstić information content (AvgIpc) is 2.86. The van der Waals surface area contributed by atoms with Crippen molar-refractivity contribution in [3.05, 3.63) is 41.6 Å². The number of nitrogens with one attached hydrogen (secondary N) is 1. The van der Waals surface area contributed by atoms with Crippen LogP contribution in [-0.2, 0) is 9.53 Å². The summed E-state index contributed by atoms with van der Waals surface area (Å²) in [5.41, 5.74) is 2.07. The number of esters is 1. The number of carbonyl (C=O) groups is 2. The predicted octanol–water partition coefficient (Wildman–Crippen LogP) is 4.18. The highest BCUT2D eigenvalue weighted by molar-refractivity contribution is 6.04. The van der Waals surface area contributed by atoms with Crippen molar-refractivity contribution in [3.63, 3.8) is 0 Å². The van der Waals surface area contributed by atoms with E-state index in [1.807, 2.05) is 18.3 Å². The average molecular weight is 327 g/mol. The van der Waals surface area contributed by atoms with Gasteiger partial charge < -0.3 is 10.1 Å². The molecule has 2 atom stereocenters. The first-order valence-corrected chi connectivity index (χ1v) is 8.60. The Morgan fingerprint density at radius 1 is 1.29 bits per heavy atom. The Balaban J connectivity index is 1.75. The van der Waals surface area contributed by atoms with Crippen LogP contribution in [-0.4, -0.2) is 18.4 Å². The molecule has 0 amide bonds. The molecule has 0 spiro atoms. The molecule has 4 heteroatoms. The van der Waals surface area contributed by atoms with Gasteiger partial charge in [-0.15, -0.1) is 0 Å². The van der Waals surface area contributed by atoms with E-state index in [2.05, 4.69) is 26.1 Å². The van der Waals surface area contributed by atoms with Gasteiger partial charge in [0.2, 0.25) is 0 Å². The summed E-state index contributed by atoms with van der Waals surface area (Å²) in [5.74, 6) is 0.279. The van der Waals surface area contributed by atoms with E-state index in [9.17, 15) is 9.59 Å². The van der Waals surface area contributed by atoms with Crippen molar-refractivity contribution in [1.29, 1.82) is 0 Å². The van der Waals surface area contributed by atoms with Crippen LogP contribution in [0.3, 0.4) is 0 Å². The van der Waals surface area contributed by atoms with Crippen LogP contribution < -0.4 is 5.32 Å². The summed E-state index contributed by atoms with van der Waals surface area (Å²) in [4.78, 5) is 24.4. The number of anilines is 1. The minimum absolute atomic E-state index is 0.0192. The molecule has 0 saturated heterocycles. The fraction of sp³-hybridized carbons (Fsp3) is 0.500. The van der Waals surface area contributed by atoms with E-state index in [0.717, 1.165) is 24.1 Å². The smallest absolute Gasteiger partial charge is 0.338 e. The highest BCUT2D eigenvalue weighted by Crippen LogP contribution is 2.65. The summed E-state index contributed by atoms with van der Waals surface area (Å²) < 4.78 is 4.97. The van der Waals surface area contributed by atoms with Crippen molar-refractivity contribution in [2.75, 3.05) is 11.9 Å². The summed E-state index contributed by atoms with van der Waals surface area (Å²) in [6.07, 6.45) is 3.91. The van der Waals surface area contributed by atoms with E-state index >= 15 is 0 Å². The predicted molar refractivity (Wildman–Crippen MR) is 93.7 cm³/mol. The number of carbonyl (C=O) groups excluding carboxylic acids is 2. The van der Waals surface area contributed by atoms with Crippen LogP contribution in [0.25, 0.3) is 0 Å². The zero-order valence-electron chi connectivity index (χ0n) is 14.8. The Labute approximate surface area is 143 Å². The standard InChI is InChI=1S/C20H25NO3/c1-5-24-18(23)13-6-8-14(9-7-13)21-12-15-16-10-11-20(4,17(15)22)19(16,2)3/h6-9,12,16,21H,5,10-11H2,1-4H3/b15-12+. The minimum Gasteiger partial charge on any atom is -0.462 e. The number of allylic oxidation sites excluding steroid dienone is 1. The number of Topliss-reactive ketones (excluding diaryl/α,β-unsaturated/α-hetero) is 1. The lowest BCUT2D eigenvalue weighted by molar-refractivity contribution is -0.125. The van der Waals surface area contributed by atoms with E-state index < -0.39 is 0 Å². The zero-order valence-corrected chi connectivity index (χ0v) is 14.8. The Hall–Kier alpha value is -2.10. The third-order valence-electron chi connectivity index (χ3n) is 6.16. The number of benzene rings is 1. The summed E-state index contributed by atoms with van der Waals surface area (Å²) in [7, 11) is 0. The molecule has 0 radical (unpaired) electrons. The molecule has 0 heterocycles. The maximum atomic E-state index is 12.8. The summed E-state index contributed by atoms with van der Waals surface area (Å²) >= 11 is 0. The van der Waals surface area contributed by atoms with Crippen molar-refractivity contribution in [3.8, 4) is 0 Å². The van der Waals surface area contributed by atoms with Crippen molar-refractivity contribution in [2.24, 2.45) is 16.7 Å². The van der Waals surface area contributed by atoms with E-state index in [0.29, 0.717) is 18.1 Å². The molecular weight excluding hydrogens is 302 g/mol. The molecule has 3 rings (SSSR count). The van der Waals surface area contributed by atoms with Gasteiger partial charge in [-0.1, -0.05) is 20.8 Å². The first kappa shape index (κ1) is 16.7. The van der Waals surface area contributed by atoms with Crippen LogP contribution in [0.4, 0.5) is 5.69 Å². The molecule has 0 aliphatic heterocycles. The molecule has 2 aliphatic carbocycles. The highest BCUT2D eigenvalue weighted by Gasteiger charge is 2.63. The minimum atomic E-state index is -0.319. The number of fused-ring (bicyclic) bond motifs is 2. The SMILES string of the molecule is CCOC(=O)c1ccc(N/C=C2/C(=O)C3(C)CCC2C3(C)C)cc1. The molecule has 1 aromatic rings. The number of ether oxygens (including phenoxy) is 1. The number of hydrogen-bond acceptors (Lipinski definition) is 4. The third-order valence-corrected chi connectivity index (χ3v) is 6.16. The molecule has 1 aromatic carbocycles. The van der Waals surface area contributed by atoms with Crippen molar-refractivity contribution < 1.29 is 14.3 Å². The molecule has 2 fully saturated rings. The highest BCUT2D eigenvalue weighted by atomic mass is 16.5. The molecule has 2 bridgehead atoms. The van der Waals surface area contributed by atoms with Gasteiger partial charge in [0.25, 0.3) is 0 Å². The lowest BCUT2D eigenvalue weighted by atomic mass is 9.70. The van der Waals surface area contributed by atoms with Gasteiger partial charge in [0.1, 0.15) is 0 Å². The van der Waals surface area contributed by atoms with Gasteiger partial charge >= 0.3 is 5.97 Å². The largest absolute Gasteiger partial charge is 0.462 e. The van der Waals surface area contributed by atoms with Crippen LogP contribution in [0, 0.1) is 16.7 Å². The van der Waals surface area contributed by atoms with Gasteiger partial charge in [0.05, 0.1) is 12.2 Å². The van der Waals surface area contributed by atoms with Crippen LogP contribution >= 0.6 is 0 Å². The van der Waals surface area contributed by atoms with E-state index in [1.165, 1.54) is 0 Å². The monoisotopic (exact) mass is 327 g/mol. The van der Waals surface area contributed by atoms with Crippen molar-refractivity contribution in [1.82, 2.24) is 0 Å². The van der Waals surface area contributed by atoms with Gasteiger partial charge in [0, 0.05) is 22.9 Å². The van der Waals surface area contributed by atoms with E-state index in [-0.39, 0.29) is 22.6 Å². The Morgan fingerprint density at radius 3 is 2.50 bits per heavy atom. The van der Waals surface area contributed by atoms with Gasteiger partial charge in [-0.25, -0.2) is 4.79 Å². The van der Waals surface area contributed by atoms with Gasteiger partial charge in [-0.05, 0) is 55.4 Å². The van der Waals surface area contributed by atoms with Crippen LogP contribution in [0.2, 0.25) is 0 Å². The van der Waals surface area contributed by atoms with Crippen LogP contribution in [0.15, 0.2) is 36.0 Å². The van der Waals surface area contributed by atoms with E-state index in [1.54, 1.807) is 19.1 Å². The lowest BCUT2D eigenvalue weighted by Crippen LogP contribution is -2.32. The van der Waals surface area contributed by atoms with Crippen LogP contribution in [0.5, 0.6) is 0 Å².